The molecule has 0 aromatic heterocycles. The first-order chi connectivity index (χ1) is 8.57. The first-order valence-electron chi connectivity index (χ1n) is 6.24. The Morgan fingerprint density at radius 3 is 2.83 bits per heavy atom. The monoisotopic (exact) mass is 249 g/mol. The Labute approximate surface area is 107 Å². The largest absolute Gasteiger partial charge is 0.508 e. The highest BCUT2D eigenvalue weighted by Crippen LogP contribution is 2.20. The van der Waals surface area contributed by atoms with E-state index in [2.05, 4.69) is 12.2 Å². The molecule has 2 rings (SSSR count). The fraction of sp³-hybridized carbons (Fsp3) is 0.500. The SMILES string of the molecule is CC1(NC(=O)Cc2cccc(O)c2)CCOCC1. The Balaban J connectivity index is 1.92. The summed E-state index contributed by atoms with van der Waals surface area (Å²) < 4.78 is 5.30. The zero-order valence-corrected chi connectivity index (χ0v) is 10.6. The quantitative estimate of drug-likeness (QED) is 0.855. The highest BCUT2D eigenvalue weighted by molar-refractivity contribution is 5.79. The molecule has 0 saturated carbocycles. The molecule has 0 aliphatic carbocycles. The van der Waals surface area contributed by atoms with Gasteiger partial charge in [0.2, 0.25) is 5.91 Å². The third kappa shape index (κ3) is 3.47. The molecule has 1 aliphatic rings. The van der Waals surface area contributed by atoms with Gasteiger partial charge in [-0.15, -0.1) is 0 Å². The van der Waals surface area contributed by atoms with E-state index in [1.807, 2.05) is 6.07 Å². The van der Waals surface area contributed by atoms with E-state index in [1.54, 1.807) is 18.2 Å². The van der Waals surface area contributed by atoms with Crippen molar-refractivity contribution < 1.29 is 14.6 Å². The molecule has 2 N–H and O–H groups in total. The molecule has 0 unspecified atom stereocenters. The number of phenolic OH excluding ortho intramolecular Hbond substituents is 1. The average Bonchev–Trinajstić information content (AvgIpc) is 2.28. The molecule has 1 aliphatic heterocycles. The van der Waals surface area contributed by atoms with E-state index >= 15 is 0 Å². The standard InChI is InChI=1S/C14H19NO3/c1-14(5-7-18-8-6-14)15-13(17)10-11-3-2-4-12(16)9-11/h2-4,9,16H,5-8,10H2,1H3,(H,15,17). The van der Waals surface area contributed by atoms with Gasteiger partial charge in [-0.3, -0.25) is 4.79 Å². The van der Waals surface area contributed by atoms with Crippen LogP contribution in [0.5, 0.6) is 5.75 Å². The number of rotatable bonds is 3. The van der Waals surface area contributed by atoms with Crippen molar-refractivity contribution in [2.75, 3.05) is 13.2 Å². The predicted octanol–water partition coefficient (Wildman–Crippen LogP) is 1.62. The fourth-order valence-electron chi connectivity index (χ4n) is 2.18. The van der Waals surface area contributed by atoms with Gasteiger partial charge in [-0.1, -0.05) is 12.1 Å². The summed E-state index contributed by atoms with van der Waals surface area (Å²) in [6.07, 6.45) is 1.99. The topological polar surface area (TPSA) is 58.6 Å². The third-order valence-electron chi connectivity index (χ3n) is 3.31. The number of ether oxygens (including phenoxy) is 1. The molecule has 1 heterocycles. The molecule has 4 heteroatoms. The van der Waals surface area contributed by atoms with Crippen molar-refractivity contribution in [3.63, 3.8) is 0 Å². The summed E-state index contributed by atoms with van der Waals surface area (Å²) in [6, 6.07) is 6.80. The zero-order valence-electron chi connectivity index (χ0n) is 10.6. The Bertz CT molecular complexity index is 425. The summed E-state index contributed by atoms with van der Waals surface area (Å²) in [6.45, 7) is 3.45. The number of nitrogens with one attached hydrogen (secondary N) is 1. The second kappa shape index (κ2) is 5.40. The first kappa shape index (κ1) is 12.9. The minimum absolute atomic E-state index is 0.00926. The Hall–Kier alpha value is -1.55. The van der Waals surface area contributed by atoms with Crippen LogP contribution in [-0.2, 0) is 16.0 Å². The minimum atomic E-state index is -0.161. The van der Waals surface area contributed by atoms with Crippen LogP contribution in [0.2, 0.25) is 0 Å². The molecule has 1 aromatic carbocycles. The summed E-state index contributed by atoms with van der Waals surface area (Å²) >= 11 is 0. The highest BCUT2D eigenvalue weighted by Gasteiger charge is 2.28. The van der Waals surface area contributed by atoms with Gasteiger partial charge in [-0.25, -0.2) is 0 Å². The van der Waals surface area contributed by atoms with E-state index in [1.165, 1.54) is 0 Å². The lowest BCUT2D eigenvalue weighted by molar-refractivity contribution is -0.123. The lowest BCUT2D eigenvalue weighted by atomic mass is 9.92. The number of aromatic hydroxyl groups is 1. The van der Waals surface area contributed by atoms with Crippen molar-refractivity contribution >= 4 is 5.91 Å². The lowest BCUT2D eigenvalue weighted by Crippen LogP contribution is -2.50. The smallest absolute Gasteiger partial charge is 0.224 e. The van der Waals surface area contributed by atoms with Gasteiger partial charge >= 0.3 is 0 Å². The Morgan fingerprint density at radius 2 is 2.17 bits per heavy atom. The number of carbonyl (C=O) groups excluding carboxylic acids is 1. The van der Waals surface area contributed by atoms with Gasteiger partial charge in [-0.05, 0) is 37.5 Å². The maximum absolute atomic E-state index is 12.0. The molecule has 4 nitrogen and oxygen atoms in total. The molecule has 1 fully saturated rings. The zero-order chi connectivity index (χ0) is 13.0. The molecule has 18 heavy (non-hydrogen) atoms. The summed E-state index contributed by atoms with van der Waals surface area (Å²) in [5.74, 6) is 0.183. The molecule has 1 amide bonds. The van der Waals surface area contributed by atoms with Crippen LogP contribution in [0, 0.1) is 0 Å². The van der Waals surface area contributed by atoms with Gasteiger partial charge in [0.25, 0.3) is 0 Å². The van der Waals surface area contributed by atoms with Crippen molar-refractivity contribution in [2.24, 2.45) is 0 Å². The van der Waals surface area contributed by atoms with Crippen LogP contribution in [0.4, 0.5) is 0 Å². The van der Waals surface area contributed by atoms with Crippen LogP contribution in [0.15, 0.2) is 24.3 Å². The summed E-state index contributed by atoms with van der Waals surface area (Å²) in [5, 5.41) is 12.4. The minimum Gasteiger partial charge on any atom is -0.508 e. The predicted molar refractivity (Wildman–Crippen MR) is 68.4 cm³/mol. The highest BCUT2D eigenvalue weighted by atomic mass is 16.5. The molecule has 1 saturated heterocycles. The van der Waals surface area contributed by atoms with Crippen molar-refractivity contribution in [3.8, 4) is 5.75 Å². The average molecular weight is 249 g/mol. The van der Waals surface area contributed by atoms with Crippen molar-refractivity contribution in [1.29, 1.82) is 0 Å². The van der Waals surface area contributed by atoms with E-state index < -0.39 is 0 Å². The van der Waals surface area contributed by atoms with Crippen LogP contribution in [0.25, 0.3) is 0 Å². The number of carbonyl (C=O) groups is 1. The molecule has 0 atom stereocenters. The van der Waals surface area contributed by atoms with Gasteiger partial charge in [-0.2, -0.15) is 0 Å². The van der Waals surface area contributed by atoms with E-state index in [-0.39, 0.29) is 17.2 Å². The maximum atomic E-state index is 12.0. The lowest BCUT2D eigenvalue weighted by Gasteiger charge is -2.34. The molecular formula is C14H19NO3. The molecule has 0 spiro atoms. The number of benzene rings is 1. The maximum Gasteiger partial charge on any atom is 0.224 e. The van der Waals surface area contributed by atoms with Crippen molar-refractivity contribution in [2.45, 2.75) is 31.7 Å². The number of amides is 1. The number of hydrogen-bond donors (Lipinski definition) is 2. The van der Waals surface area contributed by atoms with E-state index in [0.29, 0.717) is 19.6 Å². The molecule has 0 bridgehead atoms. The first-order valence-corrected chi connectivity index (χ1v) is 6.24. The Kier molecular flexibility index (Phi) is 3.87. The van der Waals surface area contributed by atoms with Gasteiger partial charge in [0.05, 0.1) is 6.42 Å². The van der Waals surface area contributed by atoms with Gasteiger partial charge < -0.3 is 15.2 Å². The van der Waals surface area contributed by atoms with E-state index in [0.717, 1.165) is 18.4 Å². The summed E-state index contributed by atoms with van der Waals surface area (Å²) in [7, 11) is 0. The summed E-state index contributed by atoms with van der Waals surface area (Å²) in [5.41, 5.74) is 0.662. The van der Waals surface area contributed by atoms with Crippen LogP contribution in [0.3, 0.4) is 0 Å². The molecule has 0 radical (unpaired) electrons. The summed E-state index contributed by atoms with van der Waals surface area (Å²) in [4.78, 5) is 12.0. The van der Waals surface area contributed by atoms with Crippen LogP contribution < -0.4 is 5.32 Å². The van der Waals surface area contributed by atoms with Crippen LogP contribution >= 0.6 is 0 Å². The van der Waals surface area contributed by atoms with Gasteiger partial charge in [0, 0.05) is 18.8 Å². The van der Waals surface area contributed by atoms with E-state index in [4.69, 9.17) is 4.74 Å². The third-order valence-corrected chi connectivity index (χ3v) is 3.31. The molecule has 1 aromatic rings. The fourth-order valence-corrected chi connectivity index (χ4v) is 2.18. The van der Waals surface area contributed by atoms with E-state index in [9.17, 15) is 9.90 Å². The Morgan fingerprint density at radius 1 is 1.44 bits per heavy atom. The number of phenols is 1. The normalized spacial score (nSPS) is 18.3. The van der Waals surface area contributed by atoms with Gasteiger partial charge in [0.15, 0.2) is 0 Å². The van der Waals surface area contributed by atoms with Crippen LogP contribution in [-0.4, -0.2) is 29.8 Å². The van der Waals surface area contributed by atoms with Crippen molar-refractivity contribution in [1.82, 2.24) is 5.32 Å². The van der Waals surface area contributed by atoms with Crippen molar-refractivity contribution in [3.05, 3.63) is 29.8 Å². The molecule has 98 valence electrons. The number of hydrogen-bond acceptors (Lipinski definition) is 3. The second-order valence-electron chi connectivity index (χ2n) is 5.07. The second-order valence-corrected chi connectivity index (χ2v) is 5.07. The molecular weight excluding hydrogens is 230 g/mol. The van der Waals surface area contributed by atoms with Gasteiger partial charge in [0.1, 0.15) is 5.75 Å². The van der Waals surface area contributed by atoms with Crippen LogP contribution in [0.1, 0.15) is 25.3 Å².